The van der Waals surface area contributed by atoms with Crippen molar-refractivity contribution in [2.75, 3.05) is 19.0 Å². The molecule has 0 aliphatic rings. The van der Waals surface area contributed by atoms with Crippen LogP contribution in [0.1, 0.15) is 5.69 Å². The van der Waals surface area contributed by atoms with Crippen LogP contribution in [0.3, 0.4) is 0 Å². The van der Waals surface area contributed by atoms with E-state index in [0.717, 1.165) is 16.8 Å². The molecule has 7 nitrogen and oxygen atoms in total. The molecule has 0 bridgehead atoms. The number of aromatic nitrogens is 4. The Hall–Kier alpha value is -3.45. The van der Waals surface area contributed by atoms with Gasteiger partial charge in [0.2, 0.25) is 11.8 Å². The van der Waals surface area contributed by atoms with E-state index in [1.54, 1.807) is 38.6 Å². The first-order valence-electron chi connectivity index (χ1n) is 9.40. The molecule has 0 spiro atoms. The smallest absolute Gasteiger partial charge is 0.262 e. The second kappa shape index (κ2) is 8.51. The van der Waals surface area contributed by atoms with Gasteiger partial charge < -0.3 is 10.1 Å². The van der Waals surface area contributed by atoms with Crippen LogP contribution < -0.4 is 15.6 Å². The molecule has 0 saturated heterocycles. The number of methoxy groups -OCH3 is 1. The number of ether oxygens (including phenoxy) is 1. The summed E-state index contributed by atoms with van der Waals surface area (Å²) in [6, 6.07) is 12.8. The standard InChI is InChI=1S/C22H20ClN5O2/c1-28-21(29)18-7-5-16(23)11-19(18)27-22(28)24-10-9-17-6-3-14(12-25-17)15-4-8-20(30-2)26-13-15/h3-8,11-13H,9-10H2,1-2H3,(H,24,27). The quantitative estimate of drug-likeness (QED) is 0.511. The maximum Gasteiger partial charge on any atom is 0.262 e. The fraction of sp³-hybridized carbons (Fsp3) is 0.182. The number of hydrogen-bond donors (Lipinski definition) is 1. The third-order valence-corrected chi connectivity index (χ3v) is 5.04. The third-order valence-electron chi connectivity index (χ3n) is 4.81. The van der Waals surface area contributed by atoms with Gasteiger partial charge in [-0.05, 0) is 30.3 Å². The molecule has 4 aromatic rings. The molecule has 0 amide bonds. The first-order chi connectivity index (χ1) is 14.5. The topological polar surface area (TPSA) is 81.9 Å². The highest BCUT2D eigenvalue weighted by atomic mass is 35.5. The van der Waals surface area contributed by atoms with E-state index in [-0.39, 0.29) is 5.56 Å². The van der Waals surface area contributed by atoms with Crippen LogP contribution in [0.15, 0.2) is 59.7 Å². The highest BCUT2D eigenvalue weighted by Gasteiger charge is 2.08. The number of nitrogens with zero attached hydrogens (tertiary/aromatic N) is 4. The summed E-state index contributed by atoms with van der Waals surface area (Å²) in [7, 11) is 3.29. The minimum atomic E-state index is -0.116. The van der Waals surface area contributed by atoms with Gasteiger partial charge in [-0.25, -0.2) is 9.97 Å². The van der Waals surface area contributed by atoms with Gasteiger partial charge in [0.15, 0.2) is 0 Å². The summed E-state index contributed by atoms with van der Waals surface area (Å²) >= 11 is 6.03. The molecule has 0 fully saturated rings. The van der Waals surface area contributed by atoms with E-state index in [2.05, 4.69) is 20.3 Å². The second-order valence-electron chi connectivity index (χ2n) is 6.77. The van der Waals surface area contributed by atoms with Gasteiger partial charge in [0, 0.05) is 60.3 Å². The van der Waals surface area contributed by atoms with Crippen molar-refractivity contribution < 1.29 is 4.74 Å². The lowest BCUT2D eigenvalue weighted by Crippen LogP contribution is -2.23. The molecule has 4 rings (SSSR count). The van der Waals surface area contributed by atoms with Crippen molar-refractivity contribution in [3.05, 3.63) is 75.9 Å². The first-order valence-corrected chi connectivity index (χ1v) is 9.78. The van der Waals surface area contributed by atoms with Gasteiger partial charge in [0.1, 0.15) is 0 Å². The Labute approximate surface area is 178 Å². The molecule has 0 radical (unpaired) electrons. The molecule has 3 heterocycles. The van der Waals surface area contributed by atoms with Crippen LogP contribution in [0.4, 0.5) is 5.95 Å². The van der Waals surface area contributed by atoms with Crippen molar-refractivity contribution in [2.24, 2.45) is 7.05 Å². The predicted octanol–water partition coefficient (Wildman–Crippen LogP) is 3.71. The summed E-state index contributed by atoms with van der Waals surface area (Å²) in [6.45, 7) is 0.586. The SMILES string of the molecule is COc1ccc(-c2ccc(CCNc3nc4cc(Cl)ccc4c(=O)n3C)nc2)cn1. The van der Waals surface area contributed by atoms with Crippen LogP contribution in [-0.4, -0.2) is 33.2 Å². The Balaban J connectivity index is 1.44. The minimum Gasteiger partial charge on any atom is -0.481 e. The predicted molar refractivity (Wildman–Crippen MR) is 118 cm³/mol. The first kappa shape index (κ1) is 19.8. The molecule has 1 aromatic carbocycles. The fourth-order valence-corrected chi connectivity index (χ4v) is 3.29. The molecule has 1 N–H and O–H groups in total. The molecular formula is C22H20ClN5O2. The van der Waals surface area contributed by atoms with Gasteiger partial charge in [-0.3, -0.25) is 14.3 Å². The molecule has 30 heavy (non-hydrogen) atoms. The number of rotatable bonds is 6. The van der Waals surface area contributed by atoms with Crippen LogP contribution in [0.5, 0.6) is 5.88 Å². The molecule has 152 valence electrons. The average molecular weight is 422 g/mol. The molecule has 0 saturated carbocycles. The summed E-state index contributed by atoms with van der Waals surface area (Å²) in [6.07, 6.45) is 4.27. The zero-order valence-corrected chi connectivity index (χ0v) is 17.3. The van der Waals surface area contributed by atoms with Crippen LogP contribution in [0.2, 0.25) is 5.02 Å². The number of hydrogen-bond acceptors (Lipinski definition) is 6. The maximum absolute atomic E-state index is 12.5. The monoisotopic (exact) mass is 421 g/mol. The average Bonchev–Trinajstić information content (AvgIpc) is 2.77. The zero-order chi connectivity index (χ0) is 21.1. The molecule has 3 aromatic heterocycles. The van der Waals surface area contributed by atoms with E-state index in [0.29, 0.717) is 40.7 Å². The van der Waals surface area contributed by atoms with E-state index in [1.807, 2.05) is 30.5 Å². The number of nitrogens with one attached hydrogen (secondary N) is 1. The van der Waals surface area contributed by atoms with E-state index in [1.165, 1.54) is 4.57 Å². The Bertz CT molecular complexity index is 1240. The largest absolute Gasteiger partial charge is 0.481 e. The van der Waals surface area contributed by atoms with Gasteiger partial charge >= 0.3 is 0 Å². The Kier molecular flexibility index (Phi) is 5.63. The highest BCUT2D eigenvalue weighted by molar-refractivity contribution is 6.31. The van der Waals surface area contributed by atoms with Crippen LogP contribution >= 0.6 is 11.6 Å². The van der Waals surface area contributed by atoms with Gasteiger partial charge in [-0.2, -0.15) is 0 Å². The van der Waals surface area contributed by atoms with E-state index in [4.69, 9.17) is 16.3 Å². The number of benzene rings is 1. The minimum absolute atomic E-state index is 0.116. The number of halogens is 1. The van der Waals surface area contributed by atoms with Crippen LogP contribution in [-0.2, 0) is 13.5 Å². The maximum atomic E-state index is 12.5. The lowest BCUT2D eigenvalue weighted by atomic mass is 10.1. The van der Waals surface area contributed by atoms with Gasteiger partial charge in [0.05, 0.1) is 18.0 Å². The second-order valence-corrected chi connectivity index (χ2v) is 7.20. The number of anilines is 1. The van der Waals surface area contributed by atoms with Crippen molar-refractivity contribution >= 4 is 28.5 Å². The number of pyridine rings is 2. The molecule has 0 aliphatic heterocycles. The number of fused-ring (bicyclic) bond motifs is 1. The molecule has 8 heteroatoms. The van der Waals surface area contributed by atoms with Gasteiger partial charge in [-0.1, -0.05) is 17.7 Å². The lowest BCUT2D eigenvalue weighted by Gasteiger charge is -2.11. The summed E-state index contributed by atoms with van der Waals surface area (Å²) in [5.74, 6) is 1.07. The van der Waals surface area contributed by atoms with Gasteiger partial charge in [-0.15, -0.1) is 0 Å². The zero-order valence-electron chi connectivity index (χ0n) is 16.6. The summed E-state index contributed by atoms with van der Waals surface area (Å²) < 4.78 is 6.59. The van der Waals surface area contributed by atoms with E-state index in [9.17, 15) is 4.79 Å². The van der Waals surface area contributed by atoms with Crippen molar-refractivity contribution in [2.45, 2.75) is 6.42 Å². The van der Waals surface area contributed by atoms with Crippen molar-refractivity contribution in [1.82, 2.24) is 19.5 Å². The molecule has 0 unspecified atom stereocenters. The highest BCUT2D eigenvalue weighted by Crippen LogP contribution is 2.20. The third kappa shape index (κ3) is 4.11. The molecule has 0 aliphatic carbocycles. The summed E-state index contributed by atoms with van der Waals surface area (Å²) in [5, 5.41) is 4.30. The van der Waals surface area contributed by atoms with E-state index < -0.39 is 0 Å². The van der Waals surface area contributed by atoms with Crippen molar-refractivity contribution in [3.63, 3.8) is 0 Å². The summed E-state index contributed by atoms with van der Waals surface area (Å²) in [4.78, 5) is 25.8. The Morgan fingerprint density at radius 1 is 1.07 bits per heavy atom. The van der Waals surface area contributed by atoms with Gasteiger partial charge in [0.25, 0.3) is 5.56 Å². The van der Waals surface area contributed by atoms with E-state index >= 15 is 0 Å². The summed E-state index contributed by atoms with van der Waals surface area (Å²) in [5.41, 5.74) is 3.35. The van der Waals surface area contributed by atoms with Crippen LogP contribution in [0.25, 0.3) is 22.0 Å². The Morgan fingerprint density at radius 3 is 2.50 bits per heavy atom. The fourth-order valence-electron chi connectivity index (χ4n) is 3.12. The molecular weight excluding hydrogens is 402 g/mol. The van der Waals surface area contributed by atoms with Crippen molar-refractivity contribution in [3.8, 4) is 17.0 Å². The Morgan fingerprint density at radius 2 is 1.83 bits per heavy atom. The van der Waals surface area contributed by atoms with Crippen molar-refractivity contribution in [1.29, 1.82) is 0 Å². The van der Waals surface area contributed by atoms with Crippen LogP contribution in [0, 0.1) is 0 Å². The lowest BCUT2D eigenvalue weighted by molar-refractivity contribution is 0.398. The normalized spacial score (nSPS) is 10.9. The molecule has 0 atom stereocenters.